The second kappa shape index (κ2) is 19.0. The standard InChI is InChI=1S/C32H60N2O10/c1-13-15-19-31(9,33(23-39-11)27(37)43-29(3,4)5)25(35)41-21-17-18-22-42-26(36)32(10,20-16-14-2)34(24-40-12)28(38)44-30(6,7)8/h13-24H2,1-12H3/t31-,32-/m0/s1. The van der Waals surface area contributed by atoms with E-state index in [4.69, 9.17) is 28.4 Å². The van der Waals surface area contributed by atoms with Crippen LogP contribution in [0.1, 0.15) is 121 Å². The molecule has 44 heavy (non-hydrogen) atoms. The highest BCUT2D eigenvalue weighted by Gasteiger charge is 2.46. The van der Waals surface area contributed by atoms with Gasteiger partial charge >= 0.3 is 24.1 Å². The first-order valence-corrected chi connectivity index (χ1v) is 15.7. The maximum atomic E-state index is 13.4. The summed E-state index contributed by atoms with van der Waals surface area (Å²) in [6, 6.07) is 0. The van der Waals surface area contributed by atoms with Crippen LogP contribution in [0.15, 0.2) is 0 Å². The molecule has 0 fully saturated rings. The fourth-order valence-electron chi connectivity index (χ4n) is 4.27. The van der Waals surface area contributed by atoms with Gasteiger partial charge in [-0.1, -0.05) is 39.5 Å². The van der Waals surface area contributed by atoms with Gasteiger partial charge in [0.2, 0.25) is 0 Å². The van der Waals surface area contributed by atoms with Gasteiger partial charge in [0.15, 0.2) is 0 Å². The lowest BCUT2D eigenvalue weighted by Gasteiger charge is -2.39. The van der Waals surface area contributed by atoms with Crippen LogP contribution in [0.5, 0.6) is 0 Å². The highest BCUT2D eigenvalue weighted by atomic mass is 16.6. The summed E-state index contributed by atoms with van der Waals surface area (Å²) in [4.78, 5) is 55.3. The number of hydrogen-bond donors (Lipinski definition) is 0. The van der Waals surface area contributed by atoms with Crippen molar-refractivity contribution >= 4 is 24.1 Å². The van der Waals surface area contributed by atoms with Gasteiger partial charge in [0, 0.05) is 14.2 Å². The molecule has 0 saturated carbocycles. The van der Waals surface area contributed by atoms with Crippen LogP contribution in [0.2, 0.25) is 0 Å². The van der Waals surface area contributed by atoms with E-state index < -0.39 is 46.4 Å². The molecule has 0 unspecified atom stereocenters. The molecule has 0 radical (unpaired) electrons. The van der Waals surface area contributed by atoms with Crippen LogP contribution in [0.3, 0.4) is 0 Å². The van der Waals surface area contributed by atoms with Gasteiger partial charge in [-0.3, -0.25) is 9.80 Å². The number of nitrogens with zero attached hydrogens (tertiary/aromatic N) is 2. The van der Waals surface area contributed by atoms with Crippen molar-refractivity contribution in [1.29, 1.82) is 0 Å². The third-order valence-corrected chi connectivity index (χ3v) is 6.85. The van der Waals surface area contributed by atoms with Gasteiger partial charge < -0.3 is 28.4 Å². The van der Waals surface area contributed by atoms with Crippen molar-refractivity contribution in [3.05, 3.63) is 0 Å². The molecule has 0 bridgehead atoms. The zero-order valence-corrected chi connectivity index (χ0v) is 29.5. The van der Waals surface area contributed by atoms with Gasteiger partial charge in [-0.2, -0.15) is 0 Å². The number of rotatable bonds is 19. The Bertz CT molecular complexity index is 826. The monoisotopic (exact) mass is 632 g/mol. The number of esters is 2. The van der Waals surface area contributed by atoms with Crippen LogP contribution in [0.25, 0.3) is 0 Å². The van der Waals surface area contributed by atoms with Crippen LogP contribution in [0, 0.1) is 0 Å². The van der Waals surface area contributed by atoms with E-state index in [9.17, 15) is 19.2 Å². The molecule has 2 amide bonds. The normalized spacial score (nSPS) is 14.5. The molecular weight excluding hydrogens is 572 g/mol. The highest BCUT2D eigenvalue weighted by Crippen LogP contribution is 2.28. The Kier molecular flexibility index (Phi) is 17.9. The minimum Gasteiger partial charge on any atom is -0.464 e. The summed E-state index contributed by atoms with van der Waals surface area (Å²) < 4.78 is 32.8. The van der Waals surface area contributed by atoms with E-state index in [1.54, 1.807) is 55.4 Å². The average Bonchev–Trinajstić information content (AvgIpc) is 2.91. The second-order valence-electron chi connectivity index (χ2n) is 13.4. The van der Waals surface area contributed by atoms with Crippen molar-refractivity contribution < 1.29 is 47.6 Å². The molecule has 0 aromatic carbocycles. The molecule has 0 N–H and O–H groups in total. The zero-order valence-electron chi connectivity index (χ0n) is 29.5. The first-order valence-electron chi connectivity index (χ1n) is 15.7. The molecule has 0 aliphatic carbocycles. The number of unbranched alkanes of at least 4 members (excludes halogenated alkanes) is 3. The largest absolute Gasteiger partial charge is 0.464 e. The van der Waals surface area contributed by atoms with Gasteiger partial charge in [0.25, 0.3) is 0 Å². The number of carbonyl (C=O) groups is 4. The molecule has 0 heterocycles. The smallest absolute Gasteiger partial charge is 0.413 e. The minimum atomic E-state index is -1.30. The molecular formula is C32H60N2O10. The van der Waals surface area contributed by atoms with Gasteiger partial charge in [0.05, 0.1) is 13.2 Å². The summed E-state index contributed by atoms with van der Waals surface area (Å²) in [7, 11) is 2.89. The fourth-order valence-corrected chi connectivity index (χ4v) is 4.27. The molecule has 0 aromatic heterocycles. The first-order chi connectivity index (χ1) is 20.3. The topological polar surface area (TPSA) is 130 Å². The van der Waals surface area contributed by atoms with E-state index in [0.717, 1.165) is 12.8 Å². The molecule has 0 rings (SSSR count). The van der Waals surface area contributed by atoms with Crippen LogP contribution in [-0.2, 0) is 38.0 Å². The van der Waals surface area contributed by atoms with Gasteiger partial charge in [-0.15, -0.1) is 0 Å². The van der Waals surface area contributed by atoms with Crippen molar-refractivity contribution in [2.45, 2.75) is 143 Å². The molecule has 258 valence electrons. The lowest BCUT2D eigenvalue weighted by Crippen LogP contribution is -2.57. The Morgan fingerprint density at radius 1 is 0.545 bits per heavy atom. The van der Waals surface area contributed by atoms with Crippen molar-refractivity contribution in [3.8, 4) is 0 Å². The number of ether oxygens (including phenoxy) is 6. The van der Waals surface area contributed by atoms with Gasteiger partial charge in [0.1, 0.15) is 35.7 Å². The molecule has 12 nitrogen and oxygen atoms in total. The SMILES string of the molecule is CCCC[C@@](C)(C(=O)OCCCCOC(=O)[C@](C)(CCCC)N(COC)C(=O)OC(C)(C)C)N(COC)C(=O)OC(C)(C)C. The number of carbonyl (C=O) groups excluding carboxylic acids is 4. The van der Waals surface area contributed by atoms with E-state index in [-0.39, 0.29) is 26.7 Å². The third kappa shape index (κ3) is 14.0. The minimum absolute atomic E-state index is 0.0635. The Labute approximate surface area is 265 Å². The average molecular weight is 633 g/mol. The summed E-state index contributed by atoms with van der Waals surface area (Å²) in [5.41, 5.74) is -4.10. The van der Waals surface area contributed by atoms with Crippen molar-refractivity contribution in [2.75, 3.05) is 40.9 Å². The summed E-state index contributed by atoms with van der Waals surface area (Å²) in [5.74, 6) is -1.13. The molecule has 0 aromatic rings. The maximum absolute atomic E-state index is 13.4. The van der Waals surface area contributed by atoms with E-state index in [1.165, 1.54) is 24.0 Å². The fraction of sp³-hybridized carbons (Fsp3) is 0.875. The molecule has 0 aliphatic heterocycles. The van der Waals surface area contributed by atoms with Gasteiger partial charge in [-0.25, -0.2) is 19.2 Å². The van der Waals surface area contributed by atoms with E-state index in [2.05, 4.69) is 0 Å². The Balaban J connectivity index is 5.42. The van der Waals surface area contributed by atoms with E-state index in [0.29, 0.717) is 38.5 Å². The predicted octanol–water partition coefficient (Wildman–Crippen LogP) is 6.43. The van der Waals surface area contributed by atoms with E-state index >= 15 is 0 Å². The molecule has 2 atom stereocenters. The molecule has 0 aliphatic rings. The van der Waals surface area contributed by atoms with Crippen molar-refractivity contribution in [1.82, 2.24) is 9.80 Å². The Morgan fingerprint density at radius 3 is 1.11 bits per heavy atom. The van der Waals surface area contributed by atoms with Crippen molar-refractivity contribution in [3.63, 3.8) is 0 Å². The zero-order chi connectivity index (χ0) is 34.2. The molecule has 0 saturated heterocycles. The first kappa shape index (κ1) is 41.4. The lowest BCUT2D eigenvalue weighted by atomic mass is 9.93. The summed E-state index contributed by atoms with van der Waals surface area (Å²) in [6.45, 7) is 17.7. The Morgan fingerprint density at radius 2 is 0.864 bits per heavy atom. The highest BCUT2D eigenvalue weighted by molar-refractivity contribution is 5.86. The number of hydrogen-bond acceptors (Lipinski definition) is 10. The summed E-state index contributed by atoms with van der Waals surface area (Å²) in [6.07, 6.45) is 3.24. The van der Waals surface area contributed by atoms with Crippen molar-refractivity contribution in [2.24, 2.45) is 0 Å². The lowest BCUT2D eigenvalue weighted by molar-refractivity contribution is -0.163. The van der Waals surface area contributed by atoms with Crippen LogP contribution in [-0.4, -0.2) is 97.1 Å². The van der Waals surface area contributed by atoms with Gasteiger partial charge in [-0.05, 0) is 81.1 Å². The second-order valence-corrected chi connectivity index (χ2v) is 13.4. The van der Waals surface area contributed by atoms with E-state index in [1.807, 2.05) is 13.8 Å². The van der Waals surface area contributed by atoms with Crippen LogP contribution < -0.4 is 0 Å². The quantitative estimate of drug-likeness (QED) is 0.0679. The number of amides is 2. The molecule has 12 heteroatoms. The maximum Gasteiger partial charge on any atom is 0.413 e. The molecule has 0 spiro atoms. The number of methoxy groups -OCH3 is 2. The summed E-state index contributed by atoms with van der Waals surface area (Å²) in [5, 5.41) is 0. The van der Waals surface area contributed by atoms with Crippen LogP contribution in [0.4, 0.5) is 9.59 Å². The summed E-state index contributed by atoms with van der Waals surface area (Å²) >= 11 is 0. The Hall–Kier alpha value is -2.60. The van der Waals surface area contributed by atoms with Crippen LogP contribution >= 0.6 is 0 Å². The predicted molar refractivity (Wildman–Crippen MR) is 167 cm³/mol. The third-order valence-electron chi connectivity index (χ3n) is 6.85.